The van der Waals surface area contributed by atoms with Gasteiger partial charge in [0, 0.05) is 57.9 Å². The number of azo groups is 1. The SMILES string of the molecule is CCC(CC)NCC(O)CN(CC)c1ccc(N=NC2N(C)C=CN2C)c(C)c1.I.I. The van der Waals surface area contributed by atoms with E-state index in [1.165, 1.54) is 0 Å². The molecule has 0 spiro atoms. The van der Waals surface area contributed by atoms with Crippen molar-refractivity contribution in [2.45, 2.75) is 59.0 Å². The van der Waals surface area contributed by atoms with Crippen molar-refractivity contribution in [3.05, 3.63) is 36.2 Å². The van der Waals surface area contributed by atoms with E-state index in [0.717, 1.165) is 36.3 Å². The number of aliphatic hydroxyl groups is 1. The zero-order chi connectivity index (χ0) is 21.4. The van der Waals surface area contributed by atoms with Crippen LogP contribution in [0.2, 0.25) is 0 Å². The van der Waals surface area contributed by atoms with Crippen molar-refractivity contribution in [3.63, 3.8) is 0 Å². The third-order valence-electron chi connectivity index (χ3n) is 5.52. The summed E-state index contributed by atoms with van der Waals surface area (Å²) in [6.45, 7) is 10.6. The Bertz CT molecular complexity index is 687. The van der Waals surface area contributed by atoms with E-state index < -0.39 is 6.10 Å². The monoisotopic (exact) mass is 658 g/mol. The minimum atomic E-state index is -0.406. The first-order valence-corrected chi connectivity index (χ1v) is 10.7. The zero-order valence-corrected chi connectivity index (χ0v) is 24.3. The van der Waals surface area contributed by atoms with Gasteiger partial charge in [-0.05, 0) is 50.5 Å². The fourth-order valence-electron chi connectivity index (χ4n) is 3.49. The number of aryl methyl sites for hydroxylation is 1. The summed E-state index contributed by atoms with van der Waals surface area (Å²) in [7, 11) is 3.98. The van der Waals surface area contributed by atoms with E-state index in [2.05, 4.69) is 60.3 Å². The molecule has 0 saturated heterocycles. The second-order valence-corrected chi connectivity index (χ2v) is 7.78. The van der Waals surface area contributed by atoms with Gasteiger partial charge in [0.15, 0.2) is 0 Å². The highest BCUT2D eigenvalue weighted by Crippen LogP contribution is 2.26. The topological polar surface area (TPSA) is 66.7 Å². The number of likely N-dealkylation sites (N-methyl/N-ethyl adjacent to an activating group) is 1. The van der Waals surface area contributed by atoms with Crippen LogP contribution >= 0.6 is 48.0 Å². The van der Waals surface area contributed by atoms with Crippen LogP contribution in [-0.2, 0) is 0 Å². The fraction of sp³-hybridized carbons (Fsp3) is 0.636. The van der Waals surface area contributed by atoms with E-state index in [0.29, 0.717) is 19.1 Å². The van der Waals surface area contributed by atoms with Gasteiger partial charge in [-0.1, -0.05) is 13.8 Å². The van der Waals surface area contributed by atoms with Crippen molar-refractivity contribution in [2.24, 2.45) is 10.2 Å². The molecule has 0 aromatic heterocycles. The lowest BCUT2D eigenvalue weighted by Crippen LogP contribution is -2.41. The van der Waals surface area contributed by atoms with Crippen LogP contribution in [0.1, 0.15) is 39.2 Å². The summed E-state index contributed by atoms with van der Waals surface area (Å²) in [5.41, 5.74) is 3.04. The van der Waals surface area contributed by atoms with Crippen LogP contribution in [0.3, 0.4) is 0 Å². The maximum Gasteiger partial charge on any atom is 0.217 e. The predicted octanol–water partition coefficient (Wildman–Crippen LogP) is 4.91. The fourth-order valence-corrected chi connectivity index (χ4v) is 3.49. The molecule has 2 N–H and O–H groups in total. The highest BCUT2D eigenvalue weighted by atomic mass is 127. The smallest absolute Gasteiger partial charge is 0.217 e. The molecule has 2 rings (SSSR count). The molecule has 7 nitrogen and oxygen atoms in total. The Morgan fingerprint density at radius 3 is 2.23 bits per heavy atom. The van der Waals surface area contributed by atoms with Crippen molar-refractivity contribution in [3.8, 4) is 0 Å². The molecule has 1 heterocycles. The highest BCUT2D eigenvalue weighted by Gasteiger charge is 2.19. The molecule has 0 saturated carbocycles. The van der Waals surface area contributed by atoms with Crippen molar-refractivity contribution in [2.75, 3.05) is 38.6 Å². The van der Waals surface area contributed by atoms with Crippen LogP contribution in [0.5, 0.6) is 0 Å². The van der Waals surface area contributed by atoms with Gasteiger partial charge in [0.05, 0.1) is 11.8 Å². The second kappa shape index (κ2) is 15.2. The van der Waals surface area contributed by atoms with Gasteiger partial charge in [0.25, 0.3) is 0 Å². The number of nitrogens with one attached hydrogen (secondary N) is 1. The average Bonchev–Trinajstić information content (AvgIpc) is 3.03. The summed E-state index contributed by atoms with van der Waals surface area (Å²) < 4.78 is 0. The zero-order valence-electron chi connectivity index (χ0n) is 19.7. The first-order chi connectivity index (χ1) is 13.9. The quantitative estimate of drug-likeness (QED) is 0.262. The standard InChI is InChI=1S/C22H38N6O.2HI/c1-7-18(8-2)23-15-20(29)16-28(9-3)19-10-11-21(17(4)14-19)24-25-22-26(5)12-13-27(22)6;;/h10-14,18,20,22-23,29H,7-9,15-16H2,1-6H3;2*1H. The van der Waals surface area contributed by atoms with Gasteiger partial charge < -0.3 is 25.1 Å². The van der Waals surface area contributed by atoms with Crippen molar-refractivity contribution in [1.82, 2.24) is 15.1 Å². The van der Waals surface area contributed by atoms with Gasteiger partial charge in [-0.25, -0.2) is 0 Å². The third kappa shape index (κ3) is 9.01. The van der Waals surface area contributed by atoms with E-state index in [4.69, 9.17) is 0 Å². The number of rotatable bonds is 11. The number of hydrogen-bond acceptors (Lipinski definition) is 7. The van der Waals surface area contributed by atoms with Crippen LogP contribution in [0.25, 0.3) is 0 Å². The molecule has 9 heteroatoms. The predicted molar refractivity (Wildman–Crippen MR) is 151 cm³/mol. The first-order valence-electron chi connectivity index (χ1n) is 10.7. The number of anilines is 1. The Morgan fingerprint density at radius 2 is 1.71 bits per heavy atom. The summed E-state index contributed by atoms with van der Waals surface area (Å²) in [6.07, 6.45) is 5.64. The molecular weight excluding hydrogens is 618 g/mol. The number of halogens is 2. The molecule has 178 valence electrons. The largest absolute Gasteiger partial charge is 0.390 e. The maximum atomic E-state index is 10.5. The molecule has 0 radical (unpaired) electrons. The summed E-state index contributed by atoms with van der Waals surface area (Å²) >= 11 is 0. The minimum Gasteiger partial charge on any atom is -0.390 e. The van der Waals surface area contributed by atoms with Crippen LogP contribution in [0.4, 0.5) is 11.4 Å². The Kier molecular flexibility index (Phi) is 14.9. The Hall–Kier alpha value is -0.660. The van der Waals surface area contributed by atoms with Crippen molar-refractivity contribution >= 4 is 59.3 Å². The molecule has 1 unspecified atom stereocenters. The van der Waals surface area contributed by atoms with Crippen LogP contribution in [0, 0.1) is 6.92 Å². The Morgan fingerprint density at radius 1 is 1.10 bits per heavy atom. The lowest BCUT2D eigenvalue weighted by Gasteiger charge is -2.27. The van der Waals surface area contributed by atoms with E-state index in [-0.39, 0.29) is 54.2 Å². The van der Waals surface area contributed by atoms with Gasteiger partial charge in [0.1, 0.15) is 0 Å². The minimum absolute atomic E-state index is 0. The molecule has 0 bridgehead atoms. The molecule has 1 aromatic carbocycles. The lowest BCUT2D eigenvalue weighted by molar-refractivity contribution is 0.171. The van der Waals surface area contributed by atoms with E-state index >= 15 is 0 Å². The van der Waals surface area contributed by atoms with Gasteiger partial charge in [-0.15, -0.1) is 53.1 Å². The number of benzene rings is 1. The Labute approximate surface area is 222 Å². The highest BCUT2D eigenvalue weighted by molar-refractivity contribution is 14.0. The normalized spacial score (nSPS) is 14.8. The number of aliphatic hydroxyl groups excluding tert-OH is 1. The van der Waals surface area contributed by atoms with Gasteiger partial charge in [0.2, 0.25) is 6.29 Å². The second-order valence-electron chi connectivity index (χ2n) is 7.78. The summed E-state index contributed by atoms with van der Waals surface area (Å²) in [4.78, 5) is 6.24. The summed E-state index contributed by atoms with van der Waals surface area (Å²) in [6, 6.07) is 6.67. The van der Waals surface area contributed by atoms with Gasteiger partial charge >= 0.3 is 0 Å². The number of nitrogens with zero attached hydrogens (tertiary/aromatic N) is 5. The number of hydrogen-bond donors (Lipinski definition) is 2. The molecule has 1 atom stereocenters. The molecule has 0 amide bonds. The van der Waals surface area contributed by atoms with E-state index in [1.54, 1.807) is 0 Å². The van der Waals surface area contributed by atoms with Crippen molar-refractivity contribution < 1.29 is 5.11 Å². The summed E-state index contributed by atoms with van der Waals surface area (Å²) in [5.74, 6) is 0. The molecule has 0 fully saturated rings. The molecule has 0 aliphatic carbocycles. The van der Waals surface area contributed by atoms with Crippen LogP contribution in [-0.4, -0.2) is 67.1 Å². The molecule has 31 heavy (non-hydrogen) atoms. The Balaban J connectivity index is 0.00000450. The third-order valence-corrected chi connectivity index (χ3v) is 5.52. The van der Waals surface area contributed by atoms with E-state index in [1.807, 2.05) is 42.4 Å². The van der Waals surface area contributed by atoms with Gasteiger partial charge in [-0.3, -0.25) is 0 Å². The van der Waals surface area contributed by atoms with E-state index in [9.17, 15) is 5.11 Å². The van der Waals surface area contributed by atoms with Gasteiger partial charge in [-0.2, -0.15) is 5.11 Å². The van der Waals surface area contributed by atoms with Crippen molar-refractivity contribution in [1.29, 1.82) is 0 Å². The first kappa shape index (κ1) is 30.3. The molecule has 1 aromatic rings. The maximum absolute atomic E-state index is 10.5. The van der Waals surface area contributed by atoms with Crippen LogP contribution in [0.15, 0.2) is 40.8 Å². The molecule has 1 aliphatic rings. The lowest BCUT2D eigenvalue weighted by atomic mass is 10.1. The van der Waals surface area contributed by atoms with Crippen LogP contribution < -0.4 is 10.2 Å². The summed E-state index contributed by atoms with van der Waals surface area (Å²) in [5, 5.41) is 22.9. The average molecular weight is 658 g/mol. The molecule has 1 aliphatic heterocycles. The molecular formula is C22H40I2N6O.